The normalized spacial score (nSPS) is 20.3. The number of aryl methyl sites for hydroxylation is 1. The zero-order chi connectivity index (χ0) is 15.1. The van der Waals surface area contributed by atoms with Crippen LogP contribution in [0, 0.1) is 23.7 Å². The van der Waals surface area contributed by atoms with Crippen LogP contribution in [0.1, 0.15) is 56.7 Å². The molecule has 0 aliphatic heterocycles. The molecular formula is C18H21NO. The molecule has 1 aliphatic carbocycles. The lowest BCUT2D eigenvalue weighted by Gasteiger charge is -2.17. The Morgan fingerprint density at radius 3 is 2.55 bits per heavy atom. The van der Waals surface area contributed by atoms with E-state index in [0.717, 1.165) is 17.6 Å². The molecule has 0 amide bonds. The number of hydrogen-bond donors (Lipinski definition) is 0. The predicted octanol–water partition coefficient (Wildman–Crippen LogP) is 4.39. The van der Waals surface area contributed by atoms with Crippen LogP contribution in [-0.2, 0) is 4.79 Å². The standard InChI is InChI=1S/C18H21NO/c1-11-6-7-13-14(8-11)12(2)9-15(13)16(10-19)17(20)18(3,4)5/h6-8,12H,9H2,1-5H3/b16-15+. The van der Waals surface area contributed by atoms with Gasteiger partial charge >= 0.3 is 0 Å². The van der Waals surface area contributed by atoms with Gasteiger partial charge in [0.15, 0.2) is 5.78 Å². The van der Waals surface area contributed by atoms with Crippen molar-refractivity contribution in [2.75, 3.05) is 0 Å². The van der Waals surface area contributed by atoms with E-state index in [1.807, 2.05) is 26.8 Å². The quantitative estimate of drug-likeness (QED) is 0.559. The molecule has 0 saturated carbocycles. The van der Waals surface area contributed by atoms with Crippen molar-refractivity contribution < 1.29 is 4.79 Å². The molecule has 2 rings (SSSR count). The second-order valence-corrected chi connectivity index (χ2v) is 6.74. The van der Waals surface area contributed by atoms with Crippen molar-refractivity contribution in [2.24, 2.45) is 5.41 Å². The molecule has 0 heterocycles. The van der Waals surface area contributed by atoms with Crippen LogP contribution in [-0.4, -0.2) is 5.78 Å². The van der Waals surface area contributed by atoms with E-state index in [4.69, 9.17) is 0 Å². The molecule has 0 fully saturated rings. The highest BCUT2D eigenvalue weighted by Crippen LogP contribution is 2.43. The van der Waals surface area contributed by atoms with Gasteiger partial charge in [-0.2, -0.15) is 5.26 Å². The van der Waals surface area contributed by atoms with Crippen molar-refractivity contribution in [2.45, 2.75) is 47.0 Å². The van der Waals surface area contributed by atoms with E-state index in [2.05, 4.69) is 32.0 Å². The minimum absolute atomic E-state index is 0.0596. The summed E-state index contributed by atoms with van der Waals surface area (Å²) >= 11 is 0. The van der Waals surface area contributed by atoms with Gasteiger partial charge < -0.3 is 0 Å². The Bertz CT molecular complexity index is 638. The summed E-state index contributed by atoms with van der Waals surface area (Å²) in [6.45, 7) is 9.81. The minimum atomic E-state index is -0.519. The van der Waals surface area contributed by atoms with Crippen LogP contribution < -0.4 is 0 Å². The molecule has 0 aromatic heterocycles. The molecule has 0 radical (unpaired) electrons. The van der Waals surface area contributed by atoms with Crippen molar-refractivity contribution in [3.05, 3.63) is 40.5 Å². The molecule has 0 N–H and O–H groups in total. The molecular weight excluding hydrogens is 246 g/mol. The molecule has 1 aromatic rings. The van der Waals surface area contributed by atoms with E-state index >= 15 is 0 Å². The Morgan fingerprint density at radius 2 is 2.00 bits per heavy atom. The molecule has 20 heavy (non-hydrogen) atoms. The summed E-state index contributed by atoms with van der Waals surface area (Å²) in [6, 6.07) is 8.43. The molecule has 2 heteroatoms. The molecule has 0 spiro atoms. The van der Waals surface area contributed by atoms with Crippen molar-refractivity contribution >= 4 is 11.4 Å². The third-order valence-corrected chi connectivity index (χ3v) is 3.90. The number of allylic oxidation sites excluding steroid dienone is 2. The topological polar surface area (TPSA) is 40.9 Å². The Labute approximate surface area is 121 Å². The highest BCUT2D eigenvalue weighted by Gasteiger charge is 2.32. The maximum absolute atomic E-state index is 12.5. The molecule has 1 unspecified atom stereocenters. The first-order chi connectivity index (χ1) is 9.25. The predicted molar refractivity (Wildman–Crippen MR) is 81.2 cm³/mol. The maximum atomic E-state index is 12.5. The number of ketones is 1. The zero-order valence-electron chi connectivity index (χ0n) is 12.9. The second kappa shape index (κ2) is 4.90. The minimum Gasteiger partial charge on any atom is -0.293 e. The fraction of sp³-hybridized carbons (Fsp3) is 0.444. The molecule has 1 atom stereocenters. The van der Waals surface area contributed by atoms with Gasteiger partial charge in [-0.25, -0.2) is 0 Å². The largest absolute Gasteiger partial charge is 0.293 e. The fourth-order valence-corrected chi connectivity index (χ4v) is 2.76. The lowest BCUT2D eigenvalue weighted by atomic mass is 9.84. The van der Waals surface area contributed by atoms with Crippen molar-refractivity contribution in [3.8, 4) is 6.07 Å². The van der Waals surface area contributed by atoms with E-state index in [9.17, 15) is 10.1 Å². The van der Waals surface area contributed by atoms with Gasteiger partial charge in [-0.05, 0) is 36.0 Å². The van der Waals surface area contributed by atoms with Gasteiger partial charge in [0.05, 0.1) is 5.57 Å². The SMILES string of the molecule is Cc1ccc2c(c1)C(C)C/C2=C(/C#N)C(=O)C(C)(C)C. The van der Waals surface area contributed by atoms with Crippen LogP contribution in [0.3, 0.4) is 0 Å². The number of fused-ring (bicyclic) bond motifs is 1. The molecule has 1 aromatic carbocycles. The van der Waals surface area contributed by atoms with Gasteiger partial charge in [0.25, 0.3) is 0 Å². The summed E-state index contributed by atoms with van der Waals surface area (Å²) < 4.78 is 0. The van der Waals surface area contributed by atoms with Crippen molar-refractivity contribution in [1.82, 2.24) is 0 Å². The number of rotatable bonds is 1. The number of nitrogens with zero attached hydrogens (tertiary/aromatic N) is 1. The Kier molecular flexibility index (Phi) is 3.56. The molecule has 2 nitrogen and oxygen atoms in total. The fourth-order valence-electron chi connectivity index (χ4n) is 2.76. The number of hydrogen-bond acceptors (Lipinski definition) is 2. The van der Waals surface area contributed by atoms with Crippen molar-refractivity contribution in [3.63, 3.8) is 0 Å². The summed E-state index contributed by atoms with van der Waals surface area (Å²) in [6.07, 6.45) is 0.781. The van der Waals surface area contributed by atoms with Crippen LogP contribution in [0.5, 0.6) is 0 Å². The lowest BCUT2D eigenvalue weighted by molar-refractivity contribution is -0.122. The third kappa shape index (κ3) is 2.41. The number of nitriles is 1. The highest BCUT2D eigenvalue weighted by atomic mass is 16.1. The van der Waals surface area contributed by atoms with Gasteiger partial charge in [-0.15, -0.1) is 0 Å². The molecule has 0 bridgehead atoms. The van der Waals surface area contributed by atoms with Gasteiger partial charge in [0.2, 0.25) is 0 Å². The van der Waals surface area contributed by atoms with Gasteiger partial charge in [0.1, 0.15) is 6.07 Å². The van der Waals surface area contributed by atoms with Crippen LogP contribution in [0.15, 0.2) is 23.8 Å². The second-order valence-electron chi connectivity index (χ2n) is 6.74. The summed E-state index contributed by atoms with van der Waals surface area (Å²) in [7, 11) is 0. The third-order valence-electron chi connectivity index (χ3n) is 3.90. The van der Waals surface area contributed by atoms with Gasteiger partial charge in [0, 0.05) is 5.41 Å². The van der Waals surface area contributed by atoms with Crippen molar-refractivity contribution in [1.29, 1.82) is 5.26 Å². The van der Waals surface area contributed by atoms with E-state index in [-0.39, 0.29) is 5.78 Å². The molecule has 1 aliphatic rings. The Hall–Kier alpha value is -1.88. The first-order valence-electron chi connectivity index (χ1n) is 7.04. The monoisotopic (exact) mass is 267 g/mol. The zero-order valence-corrected chi connectivity index (χ0v) is 12.9. The Morgan fingerprint density at radius 1 is 1.35 bits per heavy atom. The molecule has 104 valence electrons. The Balaban J connectivity index is 2.63. The first-order valence-corrected chi connectivity index (χ1v) is 7.04. The number of carbonyl (C=O) groups is 1. The summed E-state index contributed by atoms with van der Waals surface area (Å²) in [5, 5.41) is 9.46. The number of Topliss-reactive ketones (excluding diaryl/α,β-unsaturated/α-hetero) is 1. The first kappa shape index (κ1) is 14.5. The summed E-state index contributed by atoms with van der Waals surface area (Å²) in [4.78, 5) is 12.5. The average molecular weight is 267 g/mol. The van der Waals surface area contributed by atoms with Crippen LogP contribution in [0.25, 0.3) is 5.57 Å². The van der Waals surface area contributed by atoms with Gasteiger partial charge in [-0.1, -0.05) is 51.5 Å². The molecule has 0 saturated heterocycles. The summed E-state index contributed by atoms with van der Waals surface area (Å²) in [5.41, 5.74) is 4.31. The van der Waals surface area contributed by atoms with Crippen LogP contribution in [0.2, 0.25) is 0 Å². The maximum Gasteiger partial charge on any atom is 0.178 e. The van der Waals surface area contributed by atoms with Crippen LogP contribution >= 0.6 is 0 Å². The van der Waals surface area contributed by atoms with E-state index < -0.39 is 5.41 Å². The summed E-state index contributed by atoms with van der Waals surface area (Å²) in [5.74, 6) is 0.312. The lowest BCUT2D eigenvalue weighted by Crippen LogP contribution is -2.22. The van der Waals surface area contributed by atoms with E-state index in [1.54, 1.807) is 0 Å². The van der Waals surface area contributed by atoms with Gasteiger partial charge in [-0.3, -0.25) is 4.79 Å². The smallest absolute Gasteiger partial charge is 0.178 e. The average Bonchev–Trinajstić information content (AvgIpc) is 2.66. The van der Waals surface area contributed by atoms with E-state index in [0.29, 0.717) is 11.5 Å². The number of benzene rings is 1. The van der Waals surface area contributed by atoms with Crippen LogP contribution in [0.4, 0.5) is 0 Å². The number of carbonyl (C=O) groups excluding carboxylic acids is 1. The van der Waals surface area contributed by atoms with E-state index in [1.165, 1.54) is 11.1 Å². The highest BCUT2D eigenvalue weighted by molar-refractivity contribution is 6.09.